The van der Waals surface area contributed by atoms with E-state index in [-0.39, 0.29) is 16.9 Å². The van der Waals surface area contributed by atoms with Crippen LogP contribution in [0.5, 0.6) is 0 Å². The lowest BCUT2D eigenvalue weighted by atomic mass is 10.7. The first kappa shape index (κ1) is 13.4. The molecule has 0 aliphatic carbocycles. The molecule has 0 fully saturated rings. The number of ether oxygens (including phenoxy) is 1. The molecule has 1 aromatic rings. The van der Waals surface area contributed by atoms with Crippen molar-refractivity contribution in [3.05, 3.63) is 17.5 Å². The third kappa shape index (κ3) is 4.79. The molecule has 0 atom stereocenters. The molecular weight excluding hydrogens is 266 g/mol. The zero-order chi connectivity index (χ0) is 12.7. The Hall–Kier alpha value is -1.67. The molecule has 9 heteroatoms. The summed E-state index contributed by atoms with van der Waals surface area (Å²) in [6.45, 7) is 1.95. The number of hydrazine groups is 1. The Kier molecular flexibility index (Phi) is 5.37. The molecule has 0 bridgehead atoms. The predicted octanol–water partition coefficient (Wildman–Crippen LogP) is 1.08. The smallest absolute Gasteiger partial charge is 0.413 e. The van der Waals surface area contributed by atoms with Gasteiger partial charge in [-0.25, -0.2) is 14.8 Å². The molecule has 0 aliphatic heterocycles. The SMILES string of the molecule is CCOC(=O)NC(=S)NNc1nccnc1Cl. The number of hydrogen-bond donors (Lipinski definition) is 3. The molecule has 1 heterocycles. The summed E-state index contributed by atoms with van der Waals surface area (Å²) in [5, 5.41) is 2.49. The van der Waals surface area contributed by atoms with Crippen LogP contribution in [0.2, 0.25) is 5.15 Å². The molecule has 1 amide bonds. The maximum atomic E-state index is 11.0. The maximum Gasteiger partial charge on any atom is 0.413 e. The van der Waals surface area contributed by atoms with Crippen molar-refractivity contribution < 1.29 is 9.53 Å². The van der Waals surface area contributed by atoms with Gasteiger partial charge in [0.05, 0.1) is 6.61 Å². The van der Waals surface area contributed by atoms with Gasteiger partial charge in [0, 0.05) is 12.4 Å². The normalized spacial score (nSPS) is 9.29. The number of rotatable bonds is 3. The van der Waals surface area contributed by atoms with Crippen LogP contribution in [-0.2, 0) is 4.74 Å². The van der Waals surface area contributed by atoms with Gasteiger partial charge >= 0.3 is 6.09 Å². The molecule has 0 spiro atoms. The number of carbonyl (C=O) groups excluding carboxylic acids is 1. The average Bonchev–Trinajstić information content (AvgIpc) is 2.28. The van der Waals surface area contributed by atoms with Crippen LogP contribution in [0.1, 0.15) is 6.92 Å². The minimum absolute atomic E-state index is 0.0326. The monoisotopic (exact) mass is 275 g/mol. The van der Waals surface area contributed by atoms with E-state index >= 15 is 0 Å². The third-order valence-corrected chi connectivity index (χ3v) is 1.92. The number of thiocarbonyl (C=S) groups is 1. The van der Waals surface area contributed by atoms with Gasteiger partial charge in [-0.2, -0.15) is 0 Å². The number of alkyl carbamates (subject to hydrolysis) is 1. The van der Waals surface area contributed by atoms with Crippen molar-refractivity contribution in [2.24, 2.45) is 0 Å². The second-order valence-electron chi connectivity index (χ2n) is 2.62. The summed E-state index contributed by atoms with van der Waals surface area (Å²) in [4.78, 5) is 18.7. The second kappa shape index (κ2) is 6.81. The van der Waals surface area contributed by atoms with Crippen LogP contribution < -0.4 is 16.2 Å². The van der Waals surface area contributed by atoms with Crippen molar-refractivity contribution in [1.29, 1.82) is 0 Å². The zero-order valence-electron chi connectivity index (χ0n) is 8.86. The van der Waals surface area contributed by atoms with Gasteiger partial charge in [-0.3, -0.25) is 16.2 Å². The predicted molar refractivity (Wildman–Crippen MR) is 66.6 cm³/mol. The van der Waals surface area contributed by atoms with E-state index in [4.69, 9.17) is 23.8 Å². The fourth-order valence-corrected chi connectivity index (χ4v) is 1.10. The van der Waals surface area contributed by atoms with Gasteiger partial charge in [-0.05, 0) is 19.1 Å². The van der Waals surface area contributed by atoms with Crippen LogP contribution >= 0.6 is 23.8 Å². The molecule has 1 rings (SSSR count). The number of nitrogens with one attached hydrogen (secondary N) is 3. The van der Waals surface area contributed by atoms with E-state index in [0.717, 1.165) is 0 Å². The Morgan fingerprint density at radius 3 is 2.88 bits per heavy atom. The summed E-state index contributed by atoms with van der Waals surface area (Å²) < 4.78 is 4.63. The van der Waals surface area contributed by atoms with Gasteiger partial charge in [-0.15, -0.1) is 0 Å². The van der Waals surface area contributed by atoms with Crippen LogP contribution in [0.3, 0.4) is 0 Å². The van der Waals surface area contributed by atoms with E-state index in [1.165, 1.54) is 12.4 Å². The molecular formula is C8H10ClN5O2S. The van der Waals surface area contributed by atoms with E-state index in [9.17, 15) is 4.79 Å². The van der Waals surface area contributed by atoms with Gasteiger partial charge in [0.2, 0.25) is 0 Å². The van der Waals surface area contributed by atoms with Gasteiger partial charge in [0.15, 0.2) is 16.1 Å². The first-order valence-corrected chi connectivity index (χ1v) is 5.38. The molecule has 17 heavy (non-hydrogen) atoms. The number of carbonyl (C=O) groups is 1. The number of hydrogen-bond acceptors (Lipinski definition) is 6. The number of nitrogens with zero attached hydrogens (tertiary/aromatic N) is 2. The molecule has 1 aromatic heterocycles. The minimum Gasteiger partial charge on any atom is -0.450 e. The summed E-state index contributed by atoms with van der Waals surface area (Å²) >= 11 is 10.5. The van der Waals surface area contributed by atoms with Gasteiger partial charge in [-0.1, -0.05) is 11.6 Å². The highest BCUT2D eigenvalue weighted by molar-refractivity contribution is 7.80. The van der Waals surface area contributed by atoms with E-state index in [2.05, 4.69) is 30.9 Å². The first-order valence-electron chi connectivity index (χ1n) is 4.59. The van der Waals surface area contributed by atoms with Crippen molar-refractivity contribution in [2.45, 2.75) is 6.92 Å². The summed E-state index contributed by atoms with van der Waals surface area (Å²) in [7, 11) is 0. The maximum absolute atomic E-state index is 11.0. The van der Waals surface area contributed by atoms with Crippen LogP contribution in [0, 0.1) is 0 Å². The van der Waals surface area contributed by atoms with Crippen LogP contribution in [0.4, 0.5) is 10.6 Å². The average molecular weight is 276 g/mol. The molecule has 0 radical (unpaired) electrons. The molecule has 3 N–H and O–H groups in total. The molecule has 0 unspecified atom stereocenters. The highest BCUT2D eigenvalue weighted by atomic mass is 35.5. The van der Waals surface area contributed by atoms with E-state index in [1.807, 2.05) is 0 Å². The number of anilines is 1. The standard InChI is InChI=1S/C8H10ClN5O2S/c1-2-16-8(15)12-7(17)14-13-6-5(9)10-3-4-11-6/h3-4H,2H2,1H3,(H,11,13)(H2,12,14,15,17). The number of amides is 1. The van der Waals surface area contributed by atoms with Crippen LogP contribution in [-0.4, -0.2) is 27.8 Å². The first-order chi connectivity index (χ1) is 8.13. The molecule has 0 saturated heterocycles. The summed E-state index contributed by atoms with van der Waals surface area (Å²) in [5.74, 6) is 0.294. The Morgan fingerprint density at radius 2 is 2.24 bits per heavy atom. The van der Waals surface area contributed by atoms with Crippen LogP contribution in [0.25, 0.3) is 0 Å². The second-order valence-corrected chi connectivity index (χ2v) is 3.39. The van der Waals surface area contributed by atoms with E-state index in [0.29, 0.717) is 5.82 Å². The largest absolute Gasteiger partial charge is 0.450 e. The quantitative estimate of drug-likeness (QED) is 0.562. The highest BCUT2D eigenvalue weighted by Gasteiger charge is 2.05. The molecule has 0 aliphatic rings. The summed E-state index contributed by atoms with van der Waals surface area (Å²) in [5.41, 5.74) is 5.10. The van der Waals surface area contributed by atoms with Crippen molar-refractivity contribution >= 4 is 40.8 Å². The topological polar surface area (TPSA) is 88.2 Å². The Bertz CT molecular complexity index is 417. The Balaban J connectivity index is 2.38. The zero-order valence-corrected chi connectivity index (χ0v) is 10.4. The fraction of sp³-hybridized carbons (Fsp3) is 0.250. The molecule has 7 nitrogen and oxygen atoms in total. The summed E-state index contributed by atoms with van der Waals surface area (Å²) in [6.07, 6.45) is 2.26. The lowest BCUT2D eigenvalue weighted by molar-refractivity contribution is 0.158. The van der Waals surface area contributed by atoms with Crippen molar-refractivity contribution in [1.82, 2.24) is 20.7 Å². The third-order valence-electron chi connectivity index (χ3n) is 1.44. The fourth-order valence-electron chi connectivity index (χ4n) is 0.812. The highest BCUT2D eigenvalue weighted by Crippen LogP contribution is 2.12. The number of halogens is 1. The Morgan fingerprint density at radius 1 is 1.53 bits per heavy atom. The molecule has 0 saturated carbocycles. The molecule has 92 valence electrons. The van der Waals surface area contributed by atoms with Crippen molar-refractivity contribution in [3.63, 3.8) is 0 Å². The Labute approximate surface area is 108 Å². The van der Waals surface area contributed by atoms with Gasteiger partial charge in [0.1, 0.15) is 0 Å². The van der Waals surface area contributed by atoms with Gasteiger partial charge < -0.3 is 4.74 Å². The van der Waals surface area contributed by atoms with E-state index in [1.54, 1.807) is 6.92 Å². The number of aromatic nitrogens is 2. The lowest BCUT2D eigenvalue weighted by Crippen LogP contribution is -2.42. The van der Waals surface area contributed by atoms with Crippen molar-refractivity contribution in [2.75, 3.05) is 12.0 Å². The molecule has 0 aromatic carbocycles. The van der Waals surface area contributed by atoms with E-state index < -0.39 is 6.09 Å². The van der Waals surface area contributed by atoms with Gasteiger partial charge in [0.25, 0.3) is 0 Å². The summed E-state index contributed by atoms with van der Waals surface area (Å²) in [6, 6.07) is 0. The van der Waals surface area contributed by atoms with Crippen molar-refractivity contribution in [3.8, 4) is 0 Å². The lowest BCUT2D eigenvalue weighted by Gasteiger charge is -2.10. The van der Waals surface area contributed by atoms with Crippen LogP contribution in [0.15, 0.2) is 12.4 Å². The minimum atomic E-state index is -0.642.